The molecule has 0 saturated heterocycles. The van der Waals surface area contributed by atoms with Gasteiger partial charge in [0, 0.05) is 18.5 Å². The highest BCUT2D eigenvalue weighted by atomic mass is 32.1. The SMILES string of the molecule is COc1ccc(C)c2sc(N(Cc3ccccn3)C(=O)CC(c3ccccc3)c3ccccc3)nc12. The number of aromatic nitrogens is 2. The summed E-state index contributed by atoms with van der Waals surface area (Å²) in [6.07, 6.45) is 2.06. The summed E-state index contributed by atoms with van der Waals surface area (Å²) in [5.41, 5.74) is 4.91. The average Bonchev–Trinajstić information content (AvgIpc) is 3.38. The molecule has 0 unspecified atom stereocenters. The lowest BCUT2D eigenvalue weighted by atomic mass is 9.88. The van der Waals surface area contributed by atoms with Crippen molar-refractivity contribution in [3.63, 3.8) is 0 Å². The smallest absolute Gasteiger partial charge is 0.230 e. The molecule has 0 aliphatic carbocycles. The number of methoxy groups -OCH3 is 1. The molecule has 180 valence electrons. The Labute approximate surface area is 215 Å². The lowest BCUT2D eigenvalue weighted by molar-refractivity contribution is -0.119. The number of nitrogens with zero attached hydrogens (tertiary/aromatic N) is 3. The van der Waals surface area contributed by atoms with E-state index in [9.17, 15) is 4.79 Å². The summed E-state index contributed by atoms with van der Waals surface area (Å²) in [6, 6.07) is 30.1. The molecular formula is C30H27N3O2S. The van der Waals surface area contributed by atoms with Crippen LogP contribution in [-0.2, 0) is 11.3 Å². The summed E-state index contributed by atoms with van der Waals surface area (Å²) in [7, 11) is 1.64. The van der Waals surface area contributed by atoms with E-state index in [0.717, 1.165) is 32.6 Å². The van der Waals surface area contributed by atoms with E-state index in [0.29, 0.717) is 23.8 Å². The number of hydrogen-bond acceptors (Lipinski definition) is 5. The van der Waals surface area contributed by atoms with Gasteiger partial charge in [-0.05, 0) is 41.8 Å². The summed E-state index contributed by atoms with van der Waals surface area (Å²) in [6.45, 7) is 2.40. The van der Waals surface area contributed by atoms with Crippen molar-refractivity contribution in [2.24, 2.45) is 0 Å². The highest BCUT2D eigenvalue weighted by Crippen LogP contribution is 2.38. The van der Waals surface area contributed by atoms with Crippen molar-refractivity contribution in [3.05, 3.63) is 120 Å². The molecular weight excluding hydrogens is 466 g/mol. The van der Waals surface area contributed by atoms with Gasteiger partial charge in [0.05, 0.1) is 24.0 Å². The number of carbonyl (C=O) groups is 1. The van der Waals surface area contributed by atoms with Crippen molar-refractivity contribution in [1.29, 1.82) is 0 Å². The van der Waals surface area contributed by atoms with Gasteiger partial charge < -0.3 is 4.74 Å². The molecule has 36 heavy (non-hydrogen) atoms. The summed E-state index contributed by atoms with van der Waals surface area (Å²) in [5, 5.41) is 0.646. The molecule has 0 aliphatic rings. The molecule has 3 aromatic carbocycles. The van der Waals surface area contributed by atoms with E-state index in [1.165, 1.54) is 11.3 Å². The van der Waals surface area contributed by atoms with E-state index in [1.54, 1.807) is 18.2 Å². The van der Waals surface area contributed by atoms with Crippen molar-refractivity contribution in [2.45, 2.75) is 25.8 Å². The number of benzene rings is 3. The van der Waals surface area contributed by atoms with Gasteiger partial charge in [-0.1, -0.05) is 84.1 Å². The number of ether oxygens (including phenoxy) is 1. The third kappa shape index (κ3) is 4.99. The Hall–Kier alpha value is -4.03. The summed E-state index contributed by atoms with van der Waals surface area (Å²) >= 11 is 1.51. The van der Waals surface area contributed by atoms with Crippen LogP contribution < -0.4 is 9.64 Å². The quantitative estimate of drug-likeness (QED) is 0.240. The maximum atomic E-state index is 14.1. The van der Waals surface area contributed by atoms with Crippen molar-refractivity contribution in [3.8, 4) is 5.75 Å². The van der Waals surface area contributed by atoms with Gasteiger partial charge >= 0.3 is 0 Å². The number of thiazole rings is 1. The first-order chi connectivity index (χ1) is 17.6. The van der Waals surface area contributed by atoms with Gasteiger partial charge in [0.15, 0.2) is 5.13 Å². The lowest BCUT2D eigenvalue weighted by Gasteiger charge is -2.24. The summed E-state index contributed by atoms with van der Waals surface area (Å²) in [4.78, 5) is 25.2. The normalized spacial score (nSPS) is 11.1. The van der Waals surface area contributed by atoms with Crippen LogP contribution >= 0.6 is 11.3 Å². The first-order valence-electron chi connectivity index (χ1n) is 11.9. The van der Waals surface area contributed by atoms with E-state index in [1.807, 2.05) is 66.7 Å². The van der Waals surface area contributed by atoms with E-state index < -0.39 is 0 Å². The predicted molar refractivity (Wildman–Crippen MR) is 146 cm³/mol. The van der Waals surface area contributed by atoms with Crippen molar-refractivity contribution < 1.29 is 9.53 Å². The fourth-order valence-electron chi connectivity index (χ4n) is 4.38. The molecule has 0 aliphatic heterocycles. The van der Waals surface area contributed by atoms with Gasteiger partial charge in [0.1, 0.15) is 11.3 Å². The van der Waals surface area contributed by atoms with Gasteiger partial charge in [-0.3, -0.25) is 14.7 Å². The third-order valence-electron chi connectivity index (χ3n) is 6.27. The van der Waals surface area contributed by atoms with Crippen molar-refractivity contribution in [2.75, 3.05) is 12.0 Å². The Morgan fingerprint density at radius 2 is 1.58 bits per heavy atom. The molecule has 1 amide bonds. The van der Waals surface area contributed by atoms with Crippen molar-refractivity contribution in [1.82, 2.24) is 9.97 Å². The fourth-order valence-corrected chi connectivity index (χ4v) is 5.45. The standard InChI is InChI=1S/C30H27N3O2S/c1-21-16-17-26(35-2)28-29(21)36-30(32-28)33(20-24-15-9-10-18-31-24)27(34)19-25(22-11-5-3-6-12-22)23-13-7-4-8-14-23/h3-18,25H,19-20H2,1-2H3. The van der Waals surface area contributed by atoms with Gasteiger partial charge in [0.2, 0.25) is 5.91 Å². The lowest BCUT2D eigenvalue weighted by Crippen LogP contribution is -2.32. The van der Waals surface area contributed by atoms with Crippen LogP contribution in [-0.4, -0.2) is 23.0 Å². The Kier molecular flexibility index (Phi) is 7.05. The Morgan fingerprint density at radius 3 is 2.19 bits per heavy atom. The average molecular weight is 494 g/mol. The number of amides is 1. The number of pyridine rings is 1. The molecule has 0 atom stereocenters. The number of rotatable bonds is 8. The number of hydrogen-bond donors (Lipinski definition) is 0. The molecule has 0 fully saturated rings. The maximum absolute atomic E-state index is 14.1. The fraction of sp³-hybridized carbons (Fsp3) is 0.167. The molecule has 5 aromatic rings. The maximum Gasteiger partial charge on any atom is 0.230 e. The van der Waals surface area contributed by atoms with Crippen molar-refractivity contribution >= 4 is 32.6 Å². The monoisotopic (exact) mass is 493 g/mol. The molecule has 0 saturated carbocycles. The topological polar surface area (TPSA) is 55.3 Å². The molecule has 5 rings (SSSR count). The zero-order chi connectivity index (χ0) is 24.9. The minimum atomic E-state index is -0.0724. The second-order valence-corrected chi connectivity index (χ2v) is 9.62. The summed E-state index contributed by atoms with van der Waals surface area (Å²) < 4.78 is 6.58. The van der Waals surface area contributed by atoms with Crippen LogP contribution in [0.5, 0.6) is 5.75 Å². The second kappa shape index (κ2) is 10.7. The van der Waals surface area contributed by atoms with Gasteiger partial charge in [-0.15, -0.1) is 0 Å². The largest absolute Gasteiger partial charge is 0.494 e. The first kappa shape index (κ1) is 23.7. The molecule has 6 heteroatoms. The van der Waals surface area contributed by atoms with Crippen LogP contribution in [0.15, 0.2) is 97.2 Å². The zero-order valence-corrected chi connectivity index (χ0v) is 21.1. The number of fused-ring (bicyclic) bond motifs is 1. The minimum absolute atomic E-state index is 0.00552. The highest BCUT2D eigenvalue weighted by Gasteiger charge is 2.26. The van der Waals surface area contributed by atoms with E-state index >= 15 is 0 Å². The Morgan fingerprint density at radius 1 is 0.917 bits per heavy atom. The molecule has 2 aromatic heterocycles. The van der Waals surface area contributed by atoms with Gasteiger partial charge in [-0.2, -0.15) is 0 Å². The highest BCUT2D eigenvalue weighted by molar-refractivity contribution is 7.22. The van der Waals surface area contributed by atoms with Crippen LogP contribution in [0.3, 0.4) is 0 Å². The first-order valence-corrected chi connectivity index (χ1v) is 12.7. The Balaban J connectivity index is 1.55. The molecule has 0 radical (unpaired) electrons. The van der Waals surface area contributed by atoms with Crippen LogP contribution in [0.4, 0.5) is 5.13 Å². The molecule has 5 nitrogen and oxygen atoms in total. The number of aryl methyl sites for hydroxylation is 1. The Bertz CT molecular complexity index is 1410. The van der Waals surface area contributed by atoms with E-state index in [4.69, 9.17) is 9.72 Å². The van der Waals surface area contributed by atoms with Crippen LogP contribution in [0, 0.1) is 6.92 Å². The summed E-state index contributed by atoms with van der Waals surface area (Å²) in [5.74, 6) is 0.626. The van der Waals surface area contributed by atoms with Crippen LogP contribution in [0.25, 0.3) is 10.2 Å². The van der Waals surface area contributed by atoms with Crippen LogP contribution in [0.2, 0.25) is 0 Å². The molecule has 2 heterocycles. The van der Waals surface area contributed by atoms with E-state index in [-0.39, 0.29) is 11.8 Å². The van der Waals surface area contributed by atoms with Gasteiger partial charge in [0.25, 0.3) is 0 Å². The second-order valence-electron chi connectivity index (χ2n) is 8.64. The minimum Gasteiger partial charge on any atom is -0.494 e. The molecule has 0 N–H and O–H groups in total. The molecule has 0 spiro atoms. The molecule has 0 bridgehead atoms. The van der Waals surface area contributed by atoms with Crippen LogP contribution in [0.1, 0.15) is 34.7 Å². The van der Waals surface area contributed by atoms with E-state index in [2.05, 4.69) is 36.2 Å². The van der Waals surface area contributed by atoms with Gasteiger partial charge in [-0.25, -0.2) is 4.98 Å². The third-order valence-corrected chi connectivity index (χ3v) is 7.49. The number of carbonyl (C=O) groups excluding carboxylic acids is 1. The number of anilines is 1. The zero-order valence-electron chi connectivity index (χ0n) is 20.3. The predicted octanol–water partition coefficient (Wildman–Crippen LogP) is 6.76.